The number of rotatable bonds is 29. The van der Waals surface area contributed by atoms with E-state index in [0.29, 0.717) is 19.3 Å². The zero-order valence-electron chi connectivity index (χ0n) is 31.1. The standard InChI is InChI=1S/C40H69NO10/c1-3-5-7-9-11-13-15-17-19-21-23-25-27-32(43)35(45)31(30-50-40-38(48)37(47)36(46)34(29-42)51-40)41-39(49)33(44)28-26-24-22-20-18-16-14-12-10-8-6-4-2/h3,5,11,13,18-21,24,26,31-38,40,42-48H,4,6-10,12,14-17,22-23,25,27-30H2,1-2H3,(H,41,49)/b5-3+,13-11+,20-18-,21-19+,26-24-. The Morgan fingerprint density at radius 3 is 2.00 bits per heavy atom. The van der Waals surface area contributed by atoms with Crippen LogP contribution in [0.3, 0.4) is 0 Å². The molecule has 1 heterocycles. The third-order valence-electron chi connectivity index (χ3n) is 8.85. The molecule has 1 aliphatic heterocycles. The molecular weight excluding hydrogens is 654 g/mol. The number of ether oxygens (including phenoxy) is 2. The summed E-state index contributed by atoms with van der Waals surface area (Å²) in [5, 5.41) is 75.0. The van der Waals surface area contributed by atoms with Crippen molar-refractivity contribution in [1.29, 1.82) is 0 Å². The Morgan fingerprint density at radius 2 is 1.33 bits per heavy atom. The van der Waals surface area contributed by atoms with E-state index in [2.05, 4.69) is 48.7 Å². The van der Waals surface area contributed by atoms with Gasteiger partial charge in [-0.3, -0.25) is 4.79 Å². The molecule has 0 aliphatic carbocycles. The Kier molecular flexibility index (Phi) is 27.8. The lowest BCUT2D eigenvalue weighted by Gasteiger charge is -2.40. The van der Waals surface area contributed by atoms with Crippen molar-refractivity contribution < 1.29 is 50.0 Å². The molecule has 0 aromatic carbocycles. The highest BCUT2D eigenvalue weighted by molar-refractivity contribution is 5.81. The summed E-state index contributed by atoms with van der Waals surface area (Å²) in [6.45, 7) is 3.10. The second-order valence-electron chi connectivity index (χ2n) is 13.3. The quantitative estimate of drug-likeness (QED) is 0.0405. The predicted octanol–water partition coefficient (Wildman–Crippen LogP) is 4.43. The molecule has 0 aromatic rings. The smallest absolute Gasteiger partial charge is 0.249 e. The van der Waals surface area contributed by atoms with Gasteiger partial charge in [0, 0.05) is 6.42 Å². The molecule has 0 spiro atoms. The average molecular weight is 724 g/mol. The molecule has 1 fully saturated rings. The zero-order valence-corrected chi connectivity index (χ0v) is 31.1. The molecule has 1 rings (SSSR count). The van der Waals surface area contributed by atoms with Gasteiger partial charge in [0.1, 0.15) is 36.6 Å². The largest absolute Gasteiger partial charge is 0.394 e. The number of carbonyl (C=O) groups is 1. The van der Waals surface area contributed by atoms with E-state index < -0.39 is 74.2 Å². The van der Waals surface area contributed by atoms with Crippen LogP contribution in [0.1, 0.15) is 117 Å². The summed E-state index contributed by atoms with van der Waals surface area (Å²) >= 11 is 0. The Hall–Kier alpha value is -2.19. The van der Waals surface area contributed by atoms with Gasteiger partial charge in [-0.1, -0.05) is 99.8 Å². The maximum atomic E-state index is 12.9. The summed E-state index contributed by atoms with van der Waals surface area (Å²) in [4.78, 5) is 12.9. The topological polar surface area (TPSA) is 189 Å². The van der Waals surface area contributed by atoms with Crippen LogP contribution in [-0.2, 0) is 14.3 Å². The molecule has 0 saturated carbocycles. The lowest BCUT2D eigenvalue weighted by atomic mass is 9.99. The monoisotopic (exact) mass is 723 g/mol. The molecular formula is C40H69NO10. The minimum absolute atomic E-state index is 0.0361. The van der Waals surface area contributed by atoms with Crippen molar-refractivity contribution >= 4 is 5.91 Å². The van der Waals surface area contributed by atoms with Crippen LogP contribution in [0.5, 0.6) is 0 Å². The van der Waals surface area contributed by atoms with Gasteiger partial charge >= 0.3 is 0 Å². The number of hydrogen-bond donors (Lipinski definition) is 8. The summed E-state index contributed by atoms with van der Waals surface area (Å²) in [6.07, 6.45) is 23.2. The van der Waals surface area contributed by atoms with Gasteiger partial charge in [0.2, 0.25) is 5.91 Å². The van der Waals surface area contributed by atoms with E-state index in [-0.39, 0.29) is 12.8 Å². The fraction of sp³-hybridized carbons (Fsp3) is 0.725. The van der Waals surface area contributed by atoms with Crippen LogP contribution in [-0.4, -0.2) is 110 Å². The van der Waals surface area contributed by atoms with Gasteiger partial charge in [0.05, 0.1) is 25.4 Å². The SMILES string of the molecule is C/C=C/CC/C=C/CC/C=C/CCCC(O)C(O)C(COC1OC(CO)C(O)C(O)C1O)NC(=O)C(O)C/C=C\C/C=C\CCCCCCCC. The molecule has 8 N–H and O–H groups in total. The minimum Gasteiger partial charge on any atom is -0.394 e. The maximum absolute atomic E-state index is 12.9. The number of unbranched alkanes of at least 4 members (excludes halogenated alkanes) is 9. The number of aliphatic hydroxyl groups excluding tert-OH is 7. The highest BCUT2D eigenvalue weighted by Crippen LogP contribution is 2.23. The van der Waals surface area contributed by atoms with Gasteiger partial charge < -0.3 is 50.5 Å². The van der Waals surface area contributed by atoms with Gasteiger partial charge in [-0.15, -0.1) is 0 Å². The van der Waals surface area contributed by atoms with E-state index in [9.17, 15) is 40.5 Å². The maximum Gasteiger partial charge on any atom is 0.249 e. The Balaban J connectivity index is 2.67. The molecule has 1 aliphatic rings. The van der Waals surface area contributed by atoms with Gasteiger partial charge in [0.15, 0.2) is 6.29 Å². The van der Waals surface area contributed by atoms with E-state index in [0.717, 1.165) is 38.5 Å². The third-order valence-corrected chi connectivity index (χ3v) is 8.85. The Morgan fingerprint density at radius 1 is 0.745 bits per heavy atom. The van der Waals surface area contributed by atoms with Crippen LogP contribution in [0.25, 0.3) is 0 Å². The highest BCUT2D eigenvalue weighted by Gasteiger charge is 2.44. The highest BCUT2D eigenvalue weighted by atomic mass is 16.7. The zero-order chi connectivity index (χ0) is 37.7. The molecule has 0 radical (unpaired) electrons. The van der Waals surface area contributed by atoms with Crippen LogP contribution in [0.2, 0.25) is 0 Å². The predicted molar refractivity (Wildman–Crippen MR) is 201 cm³/mol. The fourth-order valence-electron chi connectivity index (χ4n) is 5.58. The second-order valence-corrected chi connectivity index (χ2v) is 13.3. The molecule has 294 valence electrons. The van der Waals surface area contributed by atoms with Crippen molar-refractivity contribution in [3.05, 3.63) is 60.8 Å². The number of hydrogen-bond acceptors (Lipinski definition) is 10. The van der Waals surface area contributed by atoms with E-state index in [1.54, 1.807) is 6.08 Å². The molecule has 1 saturated heterocycles. The van der Waals surface area contributed by atoms with Crippen molar-refractivity contribution in [3.63, 3.8) is 0 Å². The number of aliphatic hydroxyl groups is 7. The van der Waals surface area contributed by atoms with Gasteiger partial charge in [-0.25, -0.2) is 0 Å². The summed E-state index contributed by atoms with van der Waals surface area (Å²) in [5.74, 6) is -0.786. The molecule has 11 nitrogen and oxygen atoms in total. The molecule has 0 bridgehead atoms. The van der Waals surface area contributed by atoms with Crippen molar-refractivity contribution in [1.82, 2.24) is 5.32 Å². The summed E-state index contributed by atoms with van der Waals surface area (Å²) < 4.78 is 11.0. The van der Waals surface area contributed by atoms with Crippen LogP contribution in [0.15, 0.2) is 60.8 Å². The van der Waals surface area contributed by atoms with Gasteiger partial charge in [-0.2, -0.15) is 0 Å². The fourth-order valence-corrected chi connectivity index (χ4v) is 5.58. The van der Waals surface area contributed by atoms with Crippen LogP contribution >= 0.6 is 0 Å². The lowest BCUT2D eigenvalue weighted by molar-refractivity contribution is -0.303. The van der Waals surface area contributed by atoms with Gasteiger partial charge in [-0.05, 0) is 71.1 Å². The molecule has 9 atom stereocenters. The number of carbonyl (C=O) groups excluding carboxylic acids is 1. The van der Waals surface area contributed by atoms with E-state index in [1.807, 2.05) is 25.2 Å². The minimum atomic E-state index is -1.68. The van der Waals surface area contributed by atoms with Crippen molar-refractivity contribution in [2.75, 3.05) is 13.2 Å². The Bertz CT molecular complexity index is 1010. The third kappa shape index (κ3) is 21.2. The van der Waals surface area contributed by atoms with E-state index in [4.69, 9.17) is 9.47 Å². The van der Waals surface area contributed by atoms with E-state index >= 15 is 0 Å². The Labute approximate surface area is 306 Å². The second kappa shape index (κ2) is 30.3. The summed E-state index contributed by atoms with van der Waals surface area (Å²) in [5.41, 5.74) is 0. The average Bonchev–Trinajstić information content (AvgIpc) is 3.13. The van der Waals surface area contributed by atoms with Gasteiger partial charge in [0.25, 0.3) is 0 Å². The lowest BCUT2D eigenvalue weighted by Crippen LogP contribution is -2.60. The van der Waals surface area contributed by atoms with Crippen molar-refractivity contribution in [2.45, 2.75) is 172 Å². The van der Waals surface area contributed by atoms with Crippen molar-refractivity contribution in [2.24, 2.45) is 0 Å². The van der Waals surface area contributed by atoms with Crippen LogP contribution in [0, 0.1) is 0 Å². The summed E-state index contributed by atoms with van der Waals surface area (Å²) in [7, 11) is 0. The molecule has 51 heavy (non-hydrogen) atoms. The number of nitrogens with one attached hydrogen (secondary N) is 1. The van der Waals surface area contributed by atoms with Crippen LogP contribution in [0.4, 0.5) is 0 Å². The normalized spacial score (nSPS) is 24.0. The molecule has 9 unspecified atom stereocenters. The summed E-state index contributed by atoms with van der Waals surface area (Å²) in [6, 6.07) is -1.22. The number of allylic oxidation sites excluding steroid dienone is 9. The van der Waals surface area contributed by atoms with Crippen LogP contribution < -0.4 is 5.32 Å². The first-order valence-corrected chi connectivity index (χ1v) is 19.2. The molecule has 0 aromatic heterocycles. The molecule has 11 heteroatoms. The number of amides is 1. The first-order chi connectivity index (χ1) is 24.7. The molecule has 1 amide bonds. The van der Waals surface area contributed by atoms with Crippen molar-refractivity contribution in [3.8, 4) is 0 Å². The first kappa shape index (κ1) is 46.8. The van der Waals surface area contributed by atoms with E-state index in [1.165, 1.54) is 32.1 Å². The first-order valence-electron chi connectivity index (χ1n) is 19.2.